The quantitative estimate of drug-likeness (QED) is 0.756. The number of rotatable bonds is 6. The van der Waals surface area contributed by atoms with Crippen LogP contribution in [-0.4, -0.2) is 53.8 Å². The zero-order valence-electron chi connectivity index (χ0n) is 11.3. The number of carbonyl (C=O) groups is 2. The summed E-state index contributed by atoms with van der Waals surface area (Å²) in [5.74, 6) is -0.499. The van der Waals surface area contributed by atoms with Crippen molar-refractivity contribution in [2.75, 3.05) is 19.7 Å². The second-order valence-corrected chi connectivity index (χ2v) is 5.38. The summed E-state index contributed by atoms with van der Waals surface area (Å²) >= 11 is 0. The van der Waals surface area contributed by atoms with Gasteiger partial charge in [-0.05, 0) is 26.2 Å². The number of urea groups is 1. The van der Waals surface area contributed by atoms with Gasteiger partial charge in [0.15, 0.2) is 0 Å². The van der Waals surface area contributed by atoms with Crippen LogP contribution in [-0.2, 0) is 9.53 Å². The highest BCUT2D eigenvalue weighted by atomic mass is 16.5. The minimum atomic E-state index is -0.865. The van der Waals surface area contributed by atoms with E-state index in [9.17, 15) is 9.59 Å². The molecule has 1 aliphatic heterocycles. The molecule has 0 aromatic heterocycles. The Morgan fingerprint density at radius 1 is 1.37 bits per heavy atom. The lowest BCUT2D eigenvalue weighted by Gasteiger charge is -2.23. The number of carboxylic acids is 1. The number of amides is 2. The van der Waals surface area contributed by atoms with Gasteiger partial charge in [0.05, 0.1) is 12.5 Å². The molecule has 1 saturated carbocycles. The minimum Gasteiger partial charge on any atom is -0.481 e. The minimum absolute atomic E-state index is 0.00681. The van der Waals surface area contributed by atoms with Crippen LogP contribution in [0.5, 0.6) is 0 Å². The van der Waals surface area contributed by atoms with Crippen molar-refractivity contribution >= 4 is 12.0 Å². The highest BCUT2D eigenvalue weighted by Crippen LogP contribution is 2.27. The topological polar surface area (TPSA) is 78.9 Å². The van der Waals surface area contributed by atoms with Crippen molar-refractivity contribution in [2.24, 2.45) is 5.92 Å². The third-order valence-corrected chi connectivity index (χ3v) is 3.86. The van der Waals surface area contributed by atoms with Crippen molar-refractivity contribution in [1.29, 1.82) is 0 Å². The Morgan fingerprint density at radius 3 is 2.63 bits per heavy atom. The summed E-state index contributed by atoms with van der Waals surface area (Å²) in [6.07, 6.45) is 3.13. The van der Waals surface area contributed by atoms with Gasteiger partial charge in [-0.3, -0.25) is 4.79 Å². The summed E-state index contributed by atoms with van der Waals surface area (Å²) < 4.78 is 5.45. The SMILES string of the molecule is CC1OCCC1CNC(=O)N(CCC(=O)O)C1CC1. The molecule has 0 bridgehead atoms. The highest BCUT2D eigenvalue weighted by molar-refractivity contribution is 5.76. The third kappa shape index (κ3) is 4.09. The van der Waals surface area contributed by atoms with Gasteiger partial charge < -0.3 is 20.1 Å². The third-order valence-electron chi connectivity index (χ3n) is 3.86. The number of hydrogen-bond acceptors (Lipinski definition) is 3. The van der Waals surface area contributed by atoms with Gasteiger partial charge >= 0.3 is 12.0 Å². The van der Waals surface area contributed by atoms with Gasteiger partial charge in [0.2, 0.25) is 0 Å². The Bertz CT molecular complexity index is 344. The fraction of sp³-hybridized carbons (Fsp3) is 0.846. The van der Waals surface area contributed by atoms with Gasteiger partial charge in [0, 0.05) is 31.7 Å². The predicted molar refractivity (Wildman–Crippen MR) is 68.9 cm³/mol. The molecule has 1 aliphatic carbocycles. The lowest BCUT2D eigenvalue weighted by molar-refractivity contribution is -0.137. The Hall–Kier alpha value is -1.30. The molecule has 1 heterocycles. The number of ether oxygens (including phenoxy) is 1. The molecule has 2 aliphatic rings. The van der Waals surface area contributed by atoms with Gasteiger partial charge in [-0.2, -0.15) is 0 Å². The molecule has 0 aromatic rings. The highest BCUT2D eigenvalue weighted by Gasteiger charge is 2.33. The molecular weight excluding hydrogens is 248 g/mol. The van der Waals surface area contributed by atoms with Gasteiger partial charge in [0.1, 0.15) is 0 Å². The van der Waals surface area contributed by atoms with Gasteiger partial charge in [0.25, 0.3) is 0 Å². The molecular formula is C13H22N2O4. The molecule has 0 aromatic carbocycles. The maximum Gasteiger partial charge on any atom is 0.317 e. The van der Waals surface area contributed by atoms with E-state index in [-0.39, 0.29) is 24.6 Å². The molecule has 2 atom stereocenters. The van der Waals surface area contributed by atoms with E-state index < -0.39 is 5.97 Å². The Kier molecular flexibility index (Phi) is 4.63. The summed E-state index contributed by atoms with van der Waals surface area (Å²) in [6, 6.07) is 0.0967. The summed E-state index contributed by atoms with van der Waals surface area (Å²) in [7, 11) is 0. The van der Waals surface area contributed by atoms with Gasteiger partial charge in [-0.1, -0.05) is 0 Å². The largest absolute Gasteiger partial charge is 0.481 e. The van der Waals surface area contributed by atoms with E-state index in [0.717, 1.165) is 25.9 Å². The summed E-state index contributed by atoms with van der Waals surface area (Å²) in [5, 5.41) is 11.6. The molecule has 2 N–H and O–H groups in total. The summed E-state index contributed by atoms with van der Waals surface area (Å²) in [4.78, 5) is 24.3. The van der Waals surface area contributed by atoms with Crippen LogP contribution in [0.1, 0.15) is 32.6 Å². The second kappa shape index (κ2) is 6.23. The van der Waals surface area contributed by atoms with Crippen LogP contribution in [0.15, 0.2) is 0 Å². The van der Waals surface area contributed by atoms with Crippen LogP contribution in [0.4, 0.5) is 4.79 Å². The van der Waals surface area contributed by atoms with Crippen molar-refractivity contribution in [2.45, 2.75) is 44.8 Å². The number of hydrogen-bond donors (Lipinski definition) is 2. The maximum absolute atomic E-state index is 12.1. The van der Waals surface area contributed by atoms with Crippen molar-refractivity contribution in [3.05, 3.63) is 0 Å². The average Bonchev–Trinajstić information content (AvgIpc) is 3.10. The van der Waals surface area contributed by atoms with Crippen molar-refractivity contribution < 1.29 is 19.4 Å². The van der Waals surface area contributed by atoms with Crippen LogP contribution in [0.2, 0.25) is 0 Å². The van der Waals surface area contributed by atoms with Gasteiger partial charge in [-0.25, -0.2) is 4.79 Å². The van der Waals surface area contributed by atoms with E-state index in [1.54, 1.807) is 4.90 Å². The molecule has 0 spiro atoms. The summed E-state index contributed by atoms with van der Waals surface area (Å²) in [6.45, 7) is 3.68. The normalized spacial score (nSPS) is 26.2. The number of carbonyl (C=O) groups excluding carboxylic acids is 1. The van der Waals surface area contributed by atoms with Gasteiger partial charge in [-0.15, -0.1) is 0 Å². The van der Waals surface area contributed by atoms with Crippen LogP contribution >= 0.6 is 0 Å². The van der Waals surface area contributed by atoms with Crippen molar-refractivity contribution in [3.8, 4) is 0 Å². The molecule has 2 rings (SSSR count). The predicted octanol–water partition coefficient (Wildman–Crippen LogP) is 1.06. The summed E-state index contributed by atoms with van der Waals surface area (Å²) in [5.41, 5.74) is 0. The van der Waals surface area contributed by atoms with E-state index in [1.165, 1.54) is 0 Å². The van der Waals surface area contributed by atoms with E-state index in [4.69, 9.17) is 9.84 Å². The molecule has 2 unspecified atom stereocenters. The van der Waals surface area contributed by atoms with Crippen molar-refractivity contribution in [1.82, 2.24) is 10.2 Å². The first kappa shape index (κ1) is 14.1. The van der Waals surface area contributed by atoms with E-state index in [2.05, 4.69) is 5.32 Å². The lowest BCUT2D eigenvalue weighted by atomic mass is 10.0. The zero-order valence-corrected chi connectivity index (χ0v) is 11.3. The molecule has 2 amide bonds. The van der Waals surface area contributed by atoms with E-state index >= 15 is 0 Å². The first-order valence-electron chi connectivity index (χ1n) is 6.96. The maximum atomic E-state index is 12.1. The second-order valence-electron chi connectivity index (χ2n) is 5.38. The molecule has 6 nitrogen and oxygen atoms in total. The fourth-order valence-corrected chi connectivity index (χ4v) is 2.42. The Morgan fingerprint density at radius 2 is 2.11 bits per heavy atom. The smallest absolute Gasteiger partial charge is 0.317 e. The molecule has 108 valence electrons. The number of nitrogens with zero attached hydrogens (tertiary/aromatic N) is 1. The molecule has 0 radical (unpaired) electrons. The van der Waals surface area contributed by atoms with Crippen LogP contribution in [0.3, 0.4) is 0 Å². The first-order valence-corrected chi connectivity index (χ1v) is 6.96. The molecule has 19 heavy (non-hydrogen) atoms. The monoisotopic (exact) mass is 270 g/mol. The lowest BCUT2D eigenvalue weighted by Crippen LogP contribution is -2.44. The number of nitrogens with one attached hydrogen (secondary N) is 1. The standard InChI is InChI=1S/C13H22N2O4/c1-9-10(5-7-19-9)8-14-13(18)15(11-2-3-11)6-4-12(16)17/h9-11H,2-8H2,1H3,(H,14,18)(H,16,17). The van der Waals surface area contributed by atoms with E-state index in [1.807, 2.05) is 6.92 Å². The average molecular weight is 270 g/mol. The van der Waals surface area contributed by atoms with E-state index in [0.29, 0.717) is 19.0 Å². The van der Waals surface area contributed by atoms with Crippen LogP contribution in [0.25, 0.3) is 0 Å². The molecule has 1 saturated heterocycles. The number of carboxylic acid groups (broad SMARTS) is 1. The van der Waals surface area contributed by atoms with Crippen molar-refractivity contribution in [3.63, 3.8) is 0 Å². The van der Waals surface area contributed by atoms with Crippen LogP contribution in [0, 0.1) is 5.92 Å². The fourth-order valence-electron chi connectivity index (χ4n) is 2.42. The molecule has 6 heteroatoms. The molecule has 2 fully saturated rings. The zero-order chi connectivity index (χ0) is 13.8. The number of aliphatic carboxylic acids is 1. The Labute approximate surface area is 113 Å². The first-order chi connectivity index (χ1) is 9.08. The van der Waals surface area contributed by atoms with Crippen LogP contribution < -0.4 is 5.32 Å². The Balaban J connectivity index is 1.77.